The highest BCUT2D eigenvalue weighted by molar-refractivity contribution is 5.82. The van der Waals surface area contributed by atoms with Crippen molar-refractivity contribution >= 4 is 5.91 Å². The molecule has 0 fully saturated rings. The molecular weight excluding hydrogens is 254 g/mol. The van der Waals surface area contributed by atoms with Crippen molar-refractivity contribution in [3.05, 3.63) is 17.7 Å². The number of hydrogen-bond acceptors (Lipinski definition) is 4. The first-order valence-corrected chi connectivity index (χ1v) is 7.49. The molecule has 112 valence electrons. The summed E-state index contributed by atoms with van der Waals surface area (Å²) in [5.41, 5.74) is 2.10. The first kappa shape index (κ1) is 15.0. The Hall–Kier alpha value is -1.40. The van der Waals surface area contributed by atoms with E-state index in [1.165, 1.54) is 0 Å². The molecule has 1 aliphatic heterocycles. The first-order valence-electron chi connectivity index (χ1n) is 7.49. The lowest BCUT2D eigenvalue weighted by Crippen LogP contribution is -2.49. The standard InChI is InChI=1S/C14H25N5O/c1-3-6-19(4-2)7-5-15-14(20)12-8-11-13(9-16-12)18-10-17-11/h10,12,16H,3-9H2,1-2H3,(H,15,20)(H,17,18). The number of imidazole rings is 1. The zero-order chi connectivity index (χ0) is 14.4. The quantitative estimate of drug-likeness (QED) is 0.670. The molecule has 0 aromatic carbocycles. The average molecular weight is 279 g/mol. The van der Waals surface area contributed by atoms with E-state index in [0.717, 1.165) is 37.4 Å². The van der Waals surface area contributed by atoms with Gasteiger partial charge in [0.15, 0.2) is 0 Å². The minimum absolute atomic E-state index is 0.0752. The fraction of sp³-hybridized carbons (Fsp3) is 0.714. The molecule has 6 nitrogen and oxygen atoms in total. The number of rotatable bonds is 7. The van der Waals surface area contributed by atoms with Crippen molar-refractivity contribution < 1.29 is 4.79 Å². The highest BCUT2D eigenvalue weighted by atomic mass is 16.2. The number of carbonyl (C=O) groups excluding carboxylic acids is 1. The third kappa shape index (κ3) is 3.80. The Kier molecular flexibility index (Phi) is 5.55. The number of H-pyrrole nitrogens is 1. The second-order valence-corrected chi connectivity index (χ2v) is 5.19. The third-order valence-electron chi connectivity index (χ3n) is 3.76. The topological polar surface area (TPSA) is 73.0 Å². The molecule has 0 aliphatic carbocycles. The van der Waals surface area contributed by atoms with Crippen LogP contribution in [-0.4, -0.2) is 53.0 Å². The van der Waals surface area contributed by atoms with Gasteiger partial charge in [-0.15, -0.1) is 0 Å². The molecular formula is C14H25N5O. The van der Waals surface area contributed by atoms with Gasteiger partial charge in [0.05, 0.1) is 23.8 Å². The van der Waals surface area contributed by atoms with E-state index in [1.807, 2.05) is 0 Å². The minimum atomic E-state index is -0.160. The fourth-order valence-corrected chi connectivity index (χ4v) is 2.56. The van der Waals surface area contributed by atoms with Gasteiger partial charge in [-0.2, -0.15) is 0 Å². The highest BCUT2D eigenvalue weighted by Gasteiger charge is 2.25. The van der Waals surface area contributed by atoms with E-state index in [9.17, 15) is 4.79 Å². The Morgan fingerprint density at radius 2 is 2.35 bits per heavy atom. The van der Waals surface area contributed by atoms with Crippen LogP contribution in [0, 0.1) is 0 Å². The van der Waals surface area contributed by atoms with Gasteiger partial charge in [-0.05, 0) is 19.5 Å². The molecule has 6 heteroatoms. The molecule has 1 aliphatic rings. The normalized spacial score (nSPS) is 18.1. The van der Waals surface area contributed by atoms with Crippen molar-refractivity contribution in [3.63, 3.8) is 0 Å². The number of nitrogens with one attached hydrogen (secondary N) is 3. The lowest BCUT2D eigenvalue weighted by atomic mass is 10.0. The summed E-state index contributed by atoms with van der Waals surface area (Å²) in [6, 6.07) is -0.160. The van der Waals surface area contributed by atoms with E-state index in [1.54, 1.807) is 6.33 Å². The van der Waals surface area contributed by atoms with Gasteiger partial charge in [0.1, 0.15) is 0 Å². The Labute approximate surface area is 120 Å². The molecule has 3 N–H and O–H groups in total. The molecule has 0 saturated heterocycles. The molecule has 1 aromatic rings. The Bertz CT molecular complexity index is 431. The molecule has 2 heterocycles. The molecule has 1 aromatic heterocycles. The summed E-state index contributed by atoms with van der Waals surface area (Å²) in [5, 5.41) is 6.26. The van der Waals surface area contributed by atoms with E-state index in [4.69, 9.17) is 0 Å². The van der Waals surface area contributed by atoms with Crippen molar-refractivity contribution in [2.45, 2.75) is 39.3 Å². The maximum atomic E-state index is 12.1. The van der Waals surface area contributed by atoms with Crippen LogP contribution in [0.2, 0.25) is 0 Å². The van der Waals surface area contributed by atoms with E-state index >= 15 is 0 Å². The summed E-state index contributed by atoms with van der Waals surface area (Å²) in [5.74, 6) is 0.0752. The number of amides is 1. The van der Waals surface area contributed by atoms with Gasteiger partial charge in [-0.25, -0.2) is 4.98 Å². The van der Waals surface area contributed by atoms with Crippen LogP contribution in [0.1, 0.15) is 31.7 Å². The van der Waals surface area contributed by atoms with Crippen LogP contribution in [0.5, 0.6) is 0 Å². The zero-order valence-corrected chi connectivity index (χ0v) is 12.4. The molecule has 0 bridgehead atoms. The molecule has 0 radical (unpaired) electrons. The summed E-state index contributed by atoms with van der Waals surface area (Å²) < 4.78 is 0. The zero-order valence-electron chi connectivity index (χ0n) is 12.4. The maximum Gasteiger partial charge on any atom is 0.237 e. The average Bonchev–Trinajstić information content (AvgIpc) is 2.93. The van der Waals surface area contributed by atoms with Gasteiger partial charge < -0.3 is 15.2 Å². The van der Waals surface area contributed by atoms with Crippen LogP contribution in [0.4, 0.5) is 0 Å². The lowest BCUT2D eigenvalue weighted by molar-refractivity contribution is -0.123. The predicted octanol–water partition coefficient (Wildman–Crippen LogP) is 0.272. The molecule has 1 atom stereocenters. The van der Waals surface area contributed by atoms with Gasteiger partial charge in [0.2, 0.25) is 5.91 Å². The van der Waals surface area contributed by atoms with Crippen LogP contribution in [-0.2, 0) is 17.8 Å². The van der Waals surface area contributed by atoms with Gasteiger partial charge in [-0.3, -0.25) is 10.1 Å². The van der Waals surface area contributed by atoms with Crippen molar-refractivity contribution in [1.82, 2.24) is 25.5 Å². The molecule has 0 spiro atoms. The molecule has 1 amide bonds. The molecule has 1 unspecified atom stereocenters. The number of fused-ring (bicyclic) bond motifs is 1. The summed E-state index contributed by atoms with van der Waals surface area (Å²) >= 11 is 0. The minimum Gasteiger partial charge on any atom is -0.353 e. The third-order valence-corrected chi connectivity index (χ3v) is 3.76. The van der Waals surface area contributed by atoms with Crippen molar-refractivity contribution in [3.8, 4) is 0 Å². The number of likely N-dealkylation sites (N-methyl/N-ethyl adjacent to an activating group) is 1. The molecule has 2 rings (SSSR count). The second kappa shape index (κ2) is 7.40. The number of hydrogen-bond donors (Lipinski definition) is 3. The smallest absolute Gasteiger partial charge is 0.237 e. The number of aromatic nitrogens is 2. The lowest BCUT2D eigenvalue weighted by Gasteiger charge is -2.24. The molecule has 20 heavy (non-hydrogen) atoms. The van der Waals surface area contributed by atoms with Gasteiger partial charge in [0.25, 0.3) is 0 Å². The predicted molar refractivity (Wildman–Crippen MR) is 78.3 cm³/mol. The first-order chi connectivity index (χ1) is 9.74. The van der Waals surface area contributed by atoms with Crippen molar-refractivity contribution in [2.75, 3.05) is 26.2 Å². The van der Waals surface area contributed by atoms with E-state index < -0.39 is 0 Å². The van der Waals surface area contributed by atoms with E-state index in [-0.39, 0.29) is 11.9 Å². The van der Waals surface area contributed by atoms with Crippen molar-refractivity contribution in [1.29, 1.82) is 0 Å². The molecule has 0 saturated carbocycles. The van der Waals surface area contributed by atoms with Crippen LogP contribution in [0.3, 0.4) is 0 Å². The van der Waals surface area contributed by atoms with Crippen molar-refractivity contribution in [2.24, 2.45) is 0 Å². The maximum absolute atomic E-state index is 12.1. The summed E-state index contributed by atoms with van der Waals surface area (Å²) in [6.45, 7) is 8.75. The Morgan fingerprint density at radius 3 is 3.10 bits per heavy atom. The number of carbonyl (C=O) groups is 1. The van der Waals surface area contributed by atoms with Crippen LogP contribution < -0.4 is 10.6 Å². The summed E-state index contributed by atoms with van der Waals surface area (Å²) in [4.78, 5) is 21.8. The fourth-order valence-electron chi connectivity index (χ4n) is 2.56. The van der Waals surface area contributed by atoms with Crippen LogP contribution in [0.15, 0.2) is 6.33 Å². The Morgan fingerprint density at radius 1 is 1.50 bits per heavy atom. The number of aromatic amines is 1. The second-order valence-electron chi connectivity index (χ2n) is 5.19. The highest BCUT2D eigenvalue weighted by Crippen LogP contribution is 2.11. The van der Waals surface area contributed by atoms with Gasteiger partial charge in [0, 0.05) is 26.1 Å². The number of nitrogens with zero attached hydrogens (tertiary/aromatic N) is 2. The Balaban J connectivity index is 1.73. The van der Waals surface area contributed by atoms with Gasteiger partial charge in [-0.1, -0.05) is 13.8 Å². The van der Waals surface area contributed by atoms with Crippen LogP contribution >= 0.6 is 0 Å². The SMILES string of the molecule is CCCN(CC)CCNC(=O)C1Cc2nc[nH]c2CN1. The van der Waals surface area contributed by atoms with Gasteiger partial charge >= 0.3 is 0 Å². The largest absolute Gasteiger partial charge is 0.353 e. The van der Waals surface area contributed by atoms with E-state index in [2.05, 4.69) is 39.3 Å². The monoisotopic (exact) mass is 279 g/mol. The summed E-state index contributed by atoms with van der Waals surface area (Å²) in [7, 11) is 0. The van der Waals surface area contributed by atoms with E-state index in [0.29, 0.717) is 19.5 Å². The van der Waals surface area contributed by atoms with Crippen LogP contribution in [0.25, 0.3) is 0 Å². The summed E-state index contributed by atoms with van der Waals surface area (Å²) in [6.07, 6.45) is 3.50.